The Labute approximate surface area is 192 Å². The van der Waals surface area contributed by atoms with Crippen molar-refractivity contribution in [2.45, 2.75) is 77.5 Å². The van der Waals surface area contributed by atoms with Gasteiger partial charge in [-0.05, 0) is 69.0 Å². The van der Waals surface area contributed by atoms with Crippen LogP contribution in [0.15, 0.2) is 53.4 Å². The minimum absolute atomic E-state index is 0.286. The van der Waals surface area contributed by atoms with Crippen molar-refractivity contribution >= 4 is 21.7 Å². The van der Waals surface area contributed by atoms with E-state index in [2.05, 4.69) is 11.6 Å². The summed E-state index contributed by atoms with van der Waals surface area (Å²) >= 11 is 0. The van der Waals surface area contributed by atoms with E-state index in [1.807, 2.05) is 25.1 Å². The molecule has 2 aromatic carbocycles. The molecule has 0 aliphatic carbocycles. The fraction of sp³-hybridized carbons (Fsp3) is 0.423. The van der Waals surface area contributed by atoms with Crippen LogP contribution >= 0.6 is 0 Å². The van der Waals surface area contributed by atoms with E-state index < -0.39 is 16.0 Å². The van der Waals surface area contributed by atoms with E-state index in [0.717, 1.165) is 18.4 Å². The molecule has 0 aromatic heterocycles. The van der Waals surface area contributed by atoms with Crippen molar-refractivity contribution in [1.82, 2.24) is 0 Å². The minimum Gasteiger partial charge on any atom is -0.423 e. The van der Waals surface area contributed by atoms with Crippen LogP contribution in [0, 0.1) is 20.8 Å². The van der Waals surface area contributed by atoms with Crippen molar-refractivity contribution in [1.29, 1.82) is 0 Å². The highest BCUT2D eigenvalue weighted by Gasteiger charge is 2.20. The number of carbonyl (C=O) groups excluding carboxylic acids is 1. The van der Waals surface area contributed by atoms with E-state index in [1.165, 1.54) is 38.2 Å². The van der Waals surface area contributed by atoms with Gasteiger partial charge in [-0.25, -0.2) is 13.2 Å². The fourth-order valence-corrected chi connectivity index (χ4v) is 5.27. The summed E-state index contributed by atoms with van der Waals surface area (Å²) in [6, 6.07) is 10.0. The van der Waals surface area contributed by atoms with Gasteiger partial charge in [0.2, 0.25) is 0 Å². The molecule has 2 rings (SSSR count). The fourth-order valence-electron chi connectivity index (χ4n) is 3.76. The van der Waals surface area contributed by atoms with Crippen LogP contribution in [0.1, 0.15) is 68.6 Å². The quantitative estimate of drug-likeness (QED) is 0.168. The first-order valence-electron chi connectivity index (χ1n) is 11.3. The number of allylic oxidation sites excluding steroid dienone is 1. The van der Waals surface area contributed by atoms with Gasteiger partial charge in [-0.1, -0.05) is 62.8 Å². The summed E-state index contributed by atoms with van der Waals surface area (Å²) in [5.41, 5.74) is 2.83. The number of hydrogen-bond acceptors (Lipinski definition) is 4. The van der Waals surface area contributed by atoms with E-state index in [1.54, 1.807) is 38.1 Å². The highest BCUT2D eigenvalue weighted by molar-refractivity contribution is 7.92. The van der Waals surface area contributed by atoms with Crippen molar-refractivity contribution in [3.63, 3.8) is 0 Å². The first-order valence-corrected chi connectivity index (χ1v) is 12.8. The van der Waals surface area contributed by atoms with E-state index in [-0.39, 0.29) is 4.90 Å². The Morgan fingerprint density at radius 1 is 0.938 bits per heavy atom. The van der Waals surface area contributed by atoms with E-state index in [4.69, 9.17) is 4.74 Å². The molecule has 0 fully saturated rings. The van der Waals surface area contributed by atoms with Gasteiger partial charge >= 0.3 is 5.97 Å². The predicted octanol–water partition coefficient (Wildman–Crippen LogP) is 6.62. The second kappa shape index (κ2) is 12.4. The van der Waals surface area contributed by atoms with Gasteiger partial charge in [0.25, 0.3) is 10.0 Å². The number of rotatable bonds is 12. The summed E-state index contributed by atoms with van der Waals surface area (Å²) in [4.78, 5) is 12.3. The third kappa shape index (κ3) is 8.15. The Morgan fingerprint density at radius 3 is 2.16 bits per heavy atom. The number of aryl methyl sites for hydroxylation is 3. The molecule has 2 aromatic rings. The highest BCUT2D eigenvalue weighted by Crippen LogP contribution is 2.25. The van der Waals surface area contributed by atoms with Gasteiger partial charge in [0.05, 0.1) is 4.90 Å². The number of ether oxygens (including phenoxy) is 1. The molecular weight excluding hydrogens is 422 g/mol. The van der Waals surface area contributed by atoms with Crippen LogP contribution in [-0.4, -0.2) is 14.4 Å². The summed E-state index contributed by atoms with van der Waals surface area (Å²) in [6.07, 6.45) is 11.4. The molecule has 32 heavy (non-hydrogen) atoms. The van der Waals surface area contributed by atoms with Crippen LogP contribution in [0.3, 0.4) is 0 Å². The Morgan fingerprint density at radius 2 is 1.53 bits per heavy atom. The SMILES string of the molecule is CCCCCCCCC=CC(=O)Oc1ccc(NS(=O)(=O)c2c(C)cc(C)cc2C)cc1. The van der Waals surface area contributed by atoms with E-state index in [0.29, 0.717) is 22.6 Å². The number of benzene rings is 2. The normalized spacial score (nSPS) is 11.6. The lowest BCUT2D eigenvalue weighted by Gasteiger charge is -2.14. The summed E-state index contributed by atoms with van der Waals surface area (Å²) in [7, 11) is -3.72. The smallest absolute Gasteiger partial charge is 0.335 e. The number of esters is 1. The van der Waals surface area contributed by atoms with Gasteiger partial charge in [0.1, 0.15) is 5.75 Å². The lowest BCUT2D eigenvalue weighted by Crippen LogP contribution is -2.16. The van der Waals surface area contributed by atoms with Crippen molar-refractivity contribution in [2.24, 2.45) is 0 Å². The monoisotopic (exact) mass is 457 g/mol. The Hall–Kier alpha value is -2.60. The van der Waals surface area contributed by atoms with Crippen LogP contribution in [0.2, 0.25) is 0 Å². The number of carbonyl (C=O) groups is 1. The zero-order valence-electron chi connectivity index (χ0n) is 19.6. The highest BCUT2D eigenvalue weighted by atomic mass is 32.2. The van der Waals surface area contributed by atoms with Gasteiger partial charge in [-0.2, -0.15) is 0 Å². The number of sulfonamides is 1. The second-order valence-corrected chi connectivity index (χ2v) is 9.86. The van der Waals surface area contributed by atoms with Gasteiger partial charge in [0.15, 0.2) is 0 Å². The molecule has 0 saturated heterocycles. The molecule has 0 bridgehead atoms. The number of nitrogens with one attached hydrogen (secondary N) is 1. The molecule has 6 heteroatoms. The molecule has 174 valence electrons. The molecule has 0 radical (unpaired) electrons. The molecule has 0 atom stereocenters. The topological polar surface area (TPSA) is 72.5 Å². The van der Waals surface area contributed by atoms with Crippen molar-refractivity contribution in [3.05, 3.63) is 65.2 Å². The standard InChI is InChI=1S/C26H35NO4S/c1-5-6-7-8-9-10-11-12-13-25(28)31-24-16-14-23(15-17-24)27-32(29,30)26-21(3)18-20(2)19-22(26)4/h12-19,27H,5-11H2,1-4H3. The van der Waals surface area contributed by atoms with Crippen LogP contribution < -0.4 is 9.46 Å². The zero-order valence-corrected chi connectivity index (χ0v) is 20.4. The molecular formula is C26H35NO4S. The van der Waals surface area contributed by atoms with Gasteiger partial charge < -0.3 is 4.74 Å². The molecule has 0 aliphatic heterocycles. The zero-order chi connectivity index (χ0) is 23.6. The molecule has 0 heterocycles. The van der Waals surface area contributed by atoms with Crippen molar-refractivity contribution < 1.29 is 17.9 Å². The lowest BCUT2D eigenvalue weighted by atomic mass is 10.1. The summed E-state index contributed by atoms with van der Waals surface area (Å²) in [5, 5.41) is 0. The van der Waals surface area contributed by atoms with Crippen LogP contribution in [0.25, 0.3) is 0 Å². The van der Waals surface area contributed by atoms with Crippen molar-refractivity contribution in [2.75, 3.05) is 4.72 Å². The Balaban J connectivity index is 1.88. The second-order valence-electron chi connectivity index (χ2n) is 8.24. The molecule has 0 unspecified atom stereocenters. The molecule has 1 N–H and O–H groups in total. The first kappa shape index (κ1) is 25.7. The van der Waals surface area contributed by atoms with Crippen LogP contribution in [-0.2, 0) is 14.8 Å². The van der Waals surface area contributed by atoms with Crippen molar-refractivity contribution in [3.8, 4) is 5.75 Å². The maximum absolute atomic E-state index is 12.9. The first-order chi connectivity index (χ1) is 15.2. The van der Waals surface area contributed by atoms with E-state index >= 15 is 0 Å². The third-order valence-corrected chi connectivity index (χ3v) is 6.86. The Kier molecular flexibility index (Phi) is 9.97. The number of anilines is 1. The maximum atomic E-state index is 12.9. The number of unbranched alkanes of at least 4 members (excludes halogenated alkanes) is 6. The molecule has 0 amide bonds. The Bertz CT molecular complexity index is 1000. The molecule has 0 spiro atoms. The maximum Gasteiger partial charge on any atom is 0.335 e. The predicted molar refractivity (Wildman–Crippen MR) is 131 cm³/mol. The summed E-state index contributed by atoms with van der Waals surface area (Å²) < 4.78 is 33.6. The minimum atomic E-state index is -3.72. The van der Waals surface area contributed by atoms with Gasteiger partial charge in [-0.15, -0.1) is 0 Å². The largest absolute Gasteiger partial charge is 0.423 e. The summed E-state index contributed by atoms with van der Waals surface area (Å²) in [5.74, 6) is -0.0694. The number of hydrogen-bond donors (Lipinski definition) is 1. The molecule has 5 nitrogen and oxygen atoms in total. The average Bonchev–Trinajstić information content (AvgIpc) is 2.70. The lowest BCUT2D eigenvalue weighted by molar-refractivity contribution is -0.129. The summed E-state index contributed by atoms with van der Waals surface area (Å²) in [6.45, 7) is 7.72. The average molecular weight is 458 g/mol. The molecule has 0 aliphatic rings. The van der Waals surface area contributed by atoms with Crippen LogP contribution in [0.5, 0.6) is 5.75 Å². The molecule has 0 saturated carbocycles. The van der Waals surface area contributed by atoms with Gasteiger partial charge in [-0.3, -0.25) is 4.72 Å². The van der Waals surface area contributed by atoms with E-state index in [9.17, 15) is 13.2 Å². The van der Waals surface area contributed by atoms with Gasteiger partial charge in [0, 0.05) is 11.8 Å². The third-order valence-electron chi connectivity index (χ3n) is 5.18. The van der Waals surface area contributed by atoms with Crippen LogP contribution in [0.4, 0.5) is 5.69 Å².